The van der Waals surface area contributed by atoms with E-state index in [0.29, 0.717) is 26.2 Å². The lowest BCUT2D eigenvalue weighted by Gasteiger charge is -2.34. The molecule has 4 nitrogen and oxygen atoms in total. The summed E-state index contributed by atoms with van der Waals surface area (Å²) in [5.41, 5.74) is 1.19. The summed E-state index contributed by atoms with van der Waals surface area (Å²) in [4.78, 5) is 1.88. The summed E-state index contributed by atoms with van der Waals surface area (Å²) >= 11 is 5.69. The first kappa shape index (κ1) is 17.4. The van der Waals surface area contributed by atoms with E-state index in [1.807, 2.05) is 30.3 Å². The van der Waals surface area contributed by atoms with Gasteiger partial charge in [-0.05, 0) is 23.8 Å². The van der Waals surface area contributed by atoms with E-state index in [4.69, 9.17) is 11.6 Å². The quantitative estimate of drug-likeness (QED) is 0.833. The second-order valence-electron chi connectivity index (χ2n) is 5.74. The van der Waals surface area contributed by atoms with Crippen molar-refractivity contribution in [2.24, 2.45) is 0 Å². The number of rotatable bonds is 4. The standard InChI is InChI=1S/C17H18ClFN2O2S/c18-15-6-7-17(16(19)12-15)24(22,23)21-10-8-20(9-11-21)13-14-4-2-1-3-5-14/h1-7,12H,8-11,13H2. The zero-order valence-electron chi connectivity index (χ0n) is 13.0. The van der Waals surface area contributed by atoms with Crippen molar-refractivity contribution >= 4 is 21.6 Å². The second-order valence-corrected chi connectivity index (χ2v) is 8.08. The van der Waals surface area contributed by atoms with Crippen molar-refractivity contribution in [3.63, 3.8) is 0 Å². The number of piperazine rings is 1. The van der Waals surface area contributed by atoms with Crippen molar-refractivity contribution in [2.75, 3.05) is 26.2 Å². The Morgan fingerprint density at radius 1 is 1.00 bits per heavy atom. The van der Waals surface area contributed by atoms with Gasteiger partial charge in [-0.25, -0.2) is 12.8 Å². The van der Waals surface area contributed by atoms with E-state index in [-0.39, 0.29) is 9.92 Å². The Kier molecular flexibility index (Phi) is 5.20. The predicted molar refractivity (Wildman–Crippen MR) is 91.9 cm³/mol. The Morgan fingerprint density at radius 2 is 1.67 bits per heavy atom. The van der Waals surface area contributed by atoms with Crippen LogP contribution in [-0.2, 0) is 16.6 Å². The molecule has 7 heteroatoms. The molecule has 0 aromatic heterocycles. The molecule has 128 valence electrons. The molecule has 1 saturated heterocycles. The molecular weight excluding hydrogens is 351 g/mol. The first-order valence-corrected chi connectivity index (χ1v) is 9.50. The van der Waals surface area contributed by atoms with Crippen LogP contribution in [0.15, 0.2) is 53.4 Å². The van der Waals surface area contributed by atoms with Crippen LogP contribution in [0.1, 0.15) is 5.56 Å². The number of benzene rings is 2. The molecule has 0 N–H and O–H groups in total. The van der Waals surface area contributed by atoms with E-state index in [1.165, 1.54) is 22.0 Å². The monoisotopic (exact) mass is 368 g/mol. The Hall–Kier alpha value is -1.47. The zero-order chi connectivity index (χ0) is 17.2. The summed E-state index contributed by atoms with van der Waals surface area (Å²) in [7, 11) is -3.83. The molecular formula is C17H18ClFN2O2S. The average molecular weight is 369 g/mol. The molecule has 24 heavy (non-hydrogen) atoms. The fourth-order valence-electron chi connectivity index (χ4n) is 2.79. The van der Waals surface area contributed by atoms with Gasteiger partial charge >= 0.3 is 0 Å². The molecule has 3 rings (SSSR count). The minimum Gasteiger partial charge on any atom is -0.296 e. The average Bonchev–Trinajstić information content (AvgIpc) is 2.56. The van der Waals surface area contributed by atoms with Gasteiger partial charge in [-0.15, -0.1) is 0 Å². The lowest BCUT2D eigenvalue weighted by atomic mass is 10.2. The fourth-order valence-corrected chi connectivity index (χ4v) is 4.42. The lowest BCUT2D eigenvalue weighted by molar-refractivity contribution is 0.181. The van der Waals surface area contributed by atoms with Crippen LogP contribution in [-0.4, -0.2) is 43.8 Å². The first-order chi connectivity index (χ1) is 11.5. The third kappa shape index (κ3) is 3.78. The largest absolute Gasteiger partial charge is 0.296 e. The predicted octanol–water partition coefficient (Wildman–Crippen LogP) is 2.99. The molecule has 0 aliphatic carbocycles. The van der Waals surface area contributed by atoms with Crippen molar-refractivity contribution < 1.29 is 12.8 Å². The third-order valence-corrected chi connectivity index (χ3v) is 6.26. The Bertz CT molecular complexity index is 807. The van der Waals surface area contributed by atoms with Crippen LogP contribution in [0.4, 0.5) is 4.39 Å². The van der Waals surface area contributed by atoms with E-state index < -0.39 is 15.8 Å². The van der Waals surface area contributed by atoms with Crippen LogP contribution in [0, 0.1) is 5.82 Å². The number of halogens is 2. The SMILES string of the molecule is O=S(=O)(c1ccc(Cl)cc1F)N1CCN(Cc2ccccc2)CC1. The maximum atomic E-state index is 14.0. The second kappa shape index (κ2) is 7.19. The van der Waals surface area contributed by atoms with Gasteiger partial charge < -0.3 is 0 Å². The molecule has 1 aliphatic rings. The van der Waals surface area contributed by atoms with Gasteiger partial charge in [0.15, 0.2) is 0 Å². The lowest BCUT2D eigenvalue weighted by Crippen LogP contribution is -2.48. The van der Waals surface area contributed by atoms with Gasteiger partial charge in [0.2, 0.25) is 10.0 Å². The number of hydrogen-bond acceptors (Lipinski definition) is 3. The van der Waals surface area contributed by atoms with Crippen LogP contribution >= 0.6 is 11.6 Å². The van der Waals surface area contributed by atoms with Crippen molar-refractivity contribution in [1.82, 2.24) is 9.21 Å². The van der Waals surface area contributed by atoms with Gasteiger partial charge in [0, 0.05) is 37.7 Å². The summed E-state index contributed by atoms with van der Waals surface area (Å²) in [6, 6.07) is 13.7. The smallest absolute Gasteiger partial charge is 0.246 e. The molecule has 1 fully saturated rings. The summed E-state index contributed by atoms with van der Waals surface area (Å²) < 4.78 is 40.5. The maximum absolute atomic E-state index is 14.0. The van der Waals surface area contributed by atoms with Crippen LogP contribution in [0.2, 0.25) is 5.02 Å². The molecule has 0 saturated carbocycles. The van der Waals surface area contributed by atoms with Gasteiger partial charge in [-0.2, -0.15) is 4.31 Å². The topological polar surface area (TPSA) is 40.6 Å². The van der Waals surface area contributed by atoms with Gasteiger partial charge in [-0.1, -0.05) is 41.9 Å². The van der Waals surface area contributed by atoms with Gasteiger partial charge in [0.05, 0.1) is 0 Å². The van der Waals surface area contributed by atoms with Crippen molar-refractivity contribution in [3.05, 3.63) is 64.9 Å². The summed E-state index contributed by atoms with van der Waals surface area (Å²) in [6.45, 7) is 2.70. The summed E-state index contributed by atoms with van der Waals surface area (Å²) in [5, 5.41) is 0.180. The number of nitrogens with zero attached hydrogens (tertiary/aromatic N) is 2. The van der Waals surface area contributed by atoms with Crippen molar-refractivity contribution in [2.45, 2.75) is 11.4 Å². The number of sulfonamides is 1. The minimum absolute atomic E-state index is 0.180. The molecule has 1 heterocycles. The highest BCUT2D eigenvalue weighted by Crippen LogP contribution is 2.23. The first-order valence-electron chi connectivity index (χ1n) is 7.68. The van der Waals surface area contributed by atoms with E-state index in [2.05, 4.69) is 4.90 Å². The van der Waals surface area contributed by atoms with Crippen LogP contribution in [0.3, 0.4) is 0 Å². The molecule has 0 spiro atoms. The molecule has 0 radical (unpaired) electrons. The summed E-state index contributed by atoms with van der Waals surface area (Å²) in [6.07, 6.45) is 0. The van der Waals surface area contributed by atoms with E-state index in [9.17, 15) is 12.8 Å². The Labute approximate surface area is 146 Å². The Morgan fingerprint density at radius 3 is 2.29 bits per heavy atom. The van der Waals surface area contributed by atoms with Crippen LogP contribution in [0.25, 0.3) is 0 Å². The third-order valence-electron chi connectivity index (χ3n) is 4.09. The van der Waals surface area contributed by atoms with Gasteiger partial charge in [0.1, 0.15) is 10.7 Å². The molecule has 2 aromatic rings. The number of hydrogen-bond donors (Lipinski definition) is 0. The molecule has 0 unspecified atom stereocenters. The normalized spacial score (nSPS) is 17.1. The van der Waals surface area contributed by atoms with E-state index >= 15 is 0 Å². The molecule has 0 bridgehead atoms. The maximum Gasteiger partial charge on any atom is 0.246 e. The highest BCUT2D eigenvalue weighted by Gasteiger charge is 2.30. The van der Waals surface area contributed by atoms with E-state index in [0.717, 1.165) is 12.6 Å². The highest BCUT2D eigenvalue weighted by molar-refractivity contribution is 7.89. The molecule has 2 aromatic carbocycles. The Balaban J connectivity index is 1.67. The minimum atomic E-state index is -3.83. The zero-order valence-corrected chi connectivity index (χ0v) is 14.6. The van der Waals surface area contributed by atoms with Crippen LogP contribution < -0.4 is 0 Å². The van der Waals surface area contributed by atoms with Crippen LogP contribution in [0.5, 0.6) is 0 Å². The fraction of sp³-hybridized carbons (Fsp3) is 0.294. The molecule has 0 amide bonds. The van der Waals surface area contributed by atoms with Gasteiger partial charge in [0.25, 0.3) is 0 Å². The van der Waals surface area contributed by atoms with E-state index in [1.54, 1.807) is 0 Å². The summed E-state index contributed by atoms with van der Waals surface area (Å²) in [5.74, 6) is -0.811. The van der Waals surface area contributed by atoms with Crippen molar-refractivity contribution in [1.29, 1.82) is 0 Å². The van der Waals surface area contributed by atoms with Crippen molar-refractivity contribution in [3.8, 4) is 0 Å². The molecule has 1 aliphatic heterocycles. The van der Waals surface area contributed by atoms with Gasteiger partial charge in [-0.3, -0.25) is 4.90 Å². The molecule has 0 atom stereocenters. The highest BCUT2D eigenvalue weighted by atomic mass is 35.5.